The van der Waals surface area contributed by atoms with Gasteiger partial charge in [0.15, 0.2) is 0 Å². The third-order valence-corrected chi connectivity index (χ3v) is 2.86. The third kappa shape index (κ3) is 2.95. The van der Waals surface area contributed by atoms with Gasteiger partial charge in [0.25, 0.3) is 0 Å². The number of rotatable bonds is 5. The molecule has 2 rings (SSSR count). The Bertz CT molecular complexity index is 319. The second-order valence-corrected chi connectivity index (χ2v) is 4.36. The van der Waals surface area contributed by atoms with Gasteiger partial charge in [0.2, 0.25) is 0 Å². The molecule has 3 heteroatoms. The summed E-state index contributed by atoms with van der Waals surface area (Å²) in [6.07, 6.45) is 0.916. The molecule has 1 saturated heterocycles. The zero-order valence-corrected chi connectivity index (χ0v) is 9.66. The van der Waals surface area contributed by atoms with Crippen LogP contribution in [0.5, 0.6) is 5.75 Å². The fourth-order valence-electron chi connectivity index (χ4n) is 1.87. The molecular weight excluding hydrogens is 205 g/mol. The molecule has 0 radical (unpaired) electrons. The van der Waals surface area contributed by atoms with E-state index in [4.69, 9.17) is 4.74 Å². The van der Waals surface area contributed by atoms with Crippen LogP contribution in [-0.2, 0) is 0 Å². The normalized spacial score (nSPS) is 17.1. The van der Waals surface area contributed by atoms with Crippen molar-refractivity contribution in [1.29, 1.82) is 0 Å². The van der Waals surface area contributed by atoms with Crippen molar-refractivity contribution in [3.63, 3.8) is 0 Å². The number of ether oxygens (including phenoxy) is 1. The SMILES string of the molecule is Cc1ccc(OC2CN(CCCF)C2)cc1. The van der Waals surface area contributed by atoms with Crippen molar-refractivity contribution >= 4 is 0 Å². The first kappa shape index (κ1) is 11.4. The van der Waals surface area contributed by atoms with Gasteiger partial charge in [-0.15, -0.1) is 0 Å². The van der Waals surface area contributed by atoms with Gasteiger partial charge in [0.05, 0.1) is 6.67 Å². The minimum atomic E-state index is -0.222. The molecule has 0 saturated carbocycles. The molecule has 2 nitrogen and oxygen atoms in total. The average Bonchev–Trinajstić information content (AvgIpc) is 2.24. The Kier molecular flexibility index (Phi) is 3.78. The summed E-state index contributed by atoms with van der Waals surface area (Å²) in [4.78, 5) is 2.22. The first-order valence-corrected chi connectivity index (χ1v) is 5.79. The van der Waals surface area contributed by atoms with E-state index in [1.807, 2.05) is 12.1 Å². The zero-order chi connectivity index (χ0) is 11.4. The van der Waals surface area contributed by atoms with E-state index in [2.05, 4.69) is 24.0 Å². The van der Waals surface area contributed by atoms with E-state index in [1.165, 1.54) is 5.56 Å². The first-order chi connectivity index (χ1) is 7.78. The fourth-order valence-corrected chi connectivity index (χ4v) is 1.87. The summed E-state index contributed by atoms with van der Waals surface area (Å²) in [5, 5.41) is 0. The lowest BCUT2D eigenvalue weighted by atomic mass is 10.1. The van der Waals surface area contributed by atoms with Crippen molar-refractivity contribution < 1.29 is 9.13 Å². The van der Waals surface area contributed by atoms with Gasteiger partial charge in [-0.2, -0.15) is 0 Å². The number of aryl methyl sites for hydroxylation is 1. The van der Waals surface area contributed by atoms with E-state index >= 15 is 0 Å². The summed E-state index contributed by atoms with van der Waals surface area (Å²) < 4.78 is 17.7. The maximum absolute atomic E-state index is 11.9. The van der Waals surface area contributed by atoms with Crippen LogP contribution in [0, 0.1) is 6.92 Å². The Labute approximate surface area is 96.0 Å². The monoisotopic (exact) mass is 223 g/mol. The second kappa shape index (κ2) is 5.30. The summed E-state index contributed by atoms with van der Waals surface area (Å²) in [7, 11) is 0. The molecule has 0 spiro atoms. The predicted octanol–water partition coefficient (Wildman–Crippen LogP) is 2.42. The van der Waals surface area contributed by atoms with Gasteiger partial charge in [-0.05, 0) is 25.5 Å². The smallest absolute Gasteiger partial charge is 0.124 e. The van der Waals surface area contributed by atoms with Crippen molar-refractivity contribution in [2.45, 2.75) is 19.4 Å². The summed E-state index contributed by atoms with van der Waals surface area (Å²) in [6, 6.07) is 8.10. The molecule has 1 heterocycles. The van der Waals surface area contributed by atoms with Gasteiger partial charge in [0, 0.05) is 19.6 Å². The van der Waals surface area contributed by atoms with Gasteiger partial charge in [0.1, 0.15) is 11.9 Å². The lowest BCUT2D eigenvalue weighted by Gasteiger charge is -2.38. The number of benzene rings is 1. The number of hydrogen-bond donors (Lipinski definition) is 0. The highest BCUT2D eigenvalue weighted by Crippen LogP contribution is 2.18. The number of likely N-dealkylation sites (tertiary alicyclic amines) is 1. The maximum atomic E-state index is 11.9. The molecular formula is C13H18FNO. The maximum Gasteiger partial charge on any atom is 0.124 e. The molecule has 0 unspecified atom stereocenters. The minimum Gasteiger partial charge on any atom is -0.488 e. The summed E-state index contributed by atoms with van der Waals surface area (Å²) in [5.41, 5.74) is 1.24. The highest BCUT2D eigenvalue weighted by Gasteiger charge is 2.27. The summed E-state index contributed by atoms with van der Waals surface area (Å²) in [6.45, 7) is 4.54. The Morgan fingerprint density at radius 1 is 1.31 bits per heavy atom. The molecule has 16 heavy (non-hydrogen) atoms. The third-order valence-electron chi connectivity index (χ3n) is 2.86. The first-order valence-electron chi connectivity index (χ1n) is 5.79. The number of hydrogen-bond acceptors (Lipinski definition) is 2. The molecule has 0 aliphatic carbocycles. The van der Waals surface area contributed by atoms with E-state index in [0.717, 1.165) is 25.4 Å². The van der Waals surface area contributed by atoms with Crippen LogP contribution in [0.2, 0.25) is 0 Å². The Morgan fingerprint density at radius 3 is 2.62 bits per heavy atom. The molecule has 0 amide bonds. The lowest BCUT2D eigenvalue weighted by molar-refractivity contribution is 0.0184. The van der Waals surface area contributed by atoms with E-state index in [-0.39, 0.29) is 12.8 Å². The van der Waals surface area contributed by atoms with Gasteiger partial charge in [-0.25, -0.2) is 0 Å². The van der Waals surface area contributed by atoms with Gasteiger partial charge in [-0.3, -0.25) is 9.29 Å². The Morgan fingerprint density at radius 2 is 2.00 bits per heavy atom. The molecule has 1 aliphatic rings. The summed E-state index contributed by atoms with van der Waals surface area (Å²) >= 11 is 0. The highest BCUT2D eigenvalue weighted by molar-refractivity contribution is 5.26. The molecule has 0 atom stereocenters. The van der Waals surface area contributed by atoms with Gasteiger partial charge < -0.3 is 4.74 Å². The van der Waals surface area contributed by atoms with Crippen LogP contribution in [0.25, 0.3) is 0 Å². The van der Waals surface area contributed by atoms with Crippen LogP contribution in [0.3, 0.4) is 0 Å². The summed E-state index contributed by atoms with van der Waals surface area (Å²) in [5.74, 6) is 0.931. The van der Waals surface area contributed by atoms with Crippen LogP contribution in [0.15, 0.2) is 24.3 Å². The van der Waals surface area contributed by atoms with Crippen LogP contribution >= 0.6 is 0 Å². The van der Waals surface area contributed by atoms with Crippen molar-refractivity contribution in [3.05, 3.63) is 29.8 Å². The average molecular weight is 223 g/mol. The molecule has 0 bridgehead atoms. The lowest BCUT2D eigenvalue weighted by Crippen LogP contribution is -2.53. The molecule has 1 aromatic rings. The molecule has 0 N–H and O–H groups in total. The quantitative estimate of drug-likeness (QED) is 0.760. The molecule has 1 aliphatic heterocycles. The topological polar surface area (TPSA) is 12.5 Å². The minimum absolute atomic E-state index is 0.222. The number of alkyl halides is 1. The van der Waals surface area contributed by atoms with Gasteiger partial charge >= 0.3 is 0 Å². The van der Waals surface area contributed by atoms with Crippen LogP contribution in [0.4, 0.5) is 4.39 Å². The highest BCUT2D eigenvalue weighted by atomic mass is 19.1. The van der Waals surface area contributed by atoms with Crippen molar-refractivity contribution in [3.8, 4) is 5.75 Å². The van der Waals surface area contributed by atoms with E-state index in [9.17, 15) is 4.39 Å². The van der Waals surface area contributed by atoms with E-state index < -0.39 is 0 Å². The predicted molar refractivity (Wildman–Crippen MR) is 62.6 cm³/mol. The Balaban J connectivity index is 1.71. The molecule has 1 aromatic carbocycles. The van der Waals surface area contributed by atoms with Gasteiger partial charge in [-0.1, -0.05) is 17.7 Å². The van der Waals surface area contributed by atoms with Crippen molar-refractivity contribution in [2.75, 3.05) is 26.3 Å². The fraction of sp³-hybridized carbons (Fsp3) is 0.538. The van der Waals surface area contributed by atoms with E-state index in [1.54, 1.807) is 0 Å². The van der Waals surface area contributed by atoms with Crippen LogP contribution in [-0.4, -0.2) is 37.3 Å². The molecule has 0 aromatic heterocycles. The molecule has 1 fully saturated rings. The number of nitrogens with zero attached hydrogens (tertiary/aromatic N) is 1. The zero-order valence-electron chi connectivity index (χ0n) is 9.66. The second-order valence-electron chi connectivity index (χ2n) is 4.36. The van der Waals surface area contributed by atoms with E-state index in [0.29, 0.717) is 6.42 Å². The van der Waals surface area contributed by atoms with Crippen LogP contribution in [0.1, 0.15) is 12.0 Å². The number of halogens is 1. The largest absolute Gasteiger partial charge is 0.488 e. The van der Waals surface area contributed by atoms with Crippen molar-refractivity contribution in [2.24, 2.45) is 0 Å². The van der Waals surface area contributed by atoms with Crippen molar-refractivity contribution in [1.82, 2.24) is 4.90 Å². The molecule has 88 valence electrons. The Hall–Kier alpha value is -1.09. The standard InChI is InChI=1S/C13H18FNO/c1-11-3-5-12(6-4-11)16-13-9-15(10-13)8-2-7-14/h3-6,13H,2,7-10H2,1H3. The van der Waals surface area contributed by atoms with Crippen LogP contribution < -0.4 is 4.74 Å².